The molecule has 0 spiro atoms. The maximum absolute atomic E-state index is 12.7. The van der Waals surface area contributed by atoms with Crippen molar-refractivity contribution >= 4 is 11.6 Å². The van der Waals surface area contributed by atoms with Gasteiger partial charge < -0.3 is 14.8 Å². The molecule has 1 N–H and O–H groups in total. The number of ether oxygens (including phenoxy) is 2. The minimum Gasteiger partial charge on any atom is -0.496 e. The SMILES string of the molecule is COc1ccc(NC(=O)C2(OC)CCCC(C)C2)cc1C. The molecular formula is C17H25NO3. The Morgan fingerprint density at radius 3 is 2.71 bits per heavy atom. The fourth-order valence-electron chi connectivity index (χ4n) is 3.19. The second-order valence-corrected chi connectivity index (χ2v) is 6.04. The number of hydrogen-bond acceptors (Lipinski definition) is 3. The van der Waals surface area contributed by atoms with Crippen molar-refractivity contribution in [2.45, 2.75) is 45.1 Å². The lowest BCUT2D eigenvalue weighted by molar-refractivity contribution is -0.143. The van der Waals surface area contributed by atoms with Gasteiger partial charge in [0, 0.05) is 12.8 Å². The Balaban J connectivity index is 2.14. The quantitative estimate of drug-likeness (QED) is 0.923. The van der Waals surface area contributed by atoms with Gasteiger partial charge in [0.15, 0.2) is 0 Å². The molecule has 4 nitrogen and oxygen atoms in total. The van der Waals surface area contributed by atoms with E-state index in [2.05, 4.69) is 12.2 Å². The molecule has 1 amide bonds. The first-order valence-electron chi connectivity index (χ1n) is 7.52. The third kappa shape index (κ3) is 3.38. The van der Waals surface area contributed by atoms with Gasteiger partial charge in [-0.2, -0.15) is 0 Å². The van der Waals surface area contributed by atoms with Crippen LogP contribution >= 0.6 is 0 Å². The number of benzene rings is 1. The largest absolute Gasteiger partial charge is 0.496 e. The van der Waals surface area contributed by atoms with Gasteiger partial charge in [-0.3, -0.25) is 4.79 Å². The van der Waals surface area contributed by atoms with Gasteiger partial charge in [-0.1, -0.05) is 13.3 Å². The molecule has 0 radical (unpaired) electrons. The number of carbonyl (C=O) groups is 1. The first kappa shape index (κ1) is 15.8. The summed E-state index contributed by atoms with van der Waals surface area (Å²) in [6, 6.07) is 5.65. The second kappa shape index (κ2) is 6.48. The summed E-state index contributed by atoms with van der Waals surface area (Å²) in [7, 11) is 3.28. The zero-order valence-electron chi connectivity index (χ0n) is 13.4. The van der Waals surface area contributed by atoms with E-state index in [1.165, 1.54) is 6.42 Å². The number of hydrogen-bond donors (Lipinski definition) is 1. The molecule has 1 aromatic carbocycles. The van der Waals surface area contributed by atoms with Crippen LogP contribution in [0.2, 0.25) is 0 Å². The Morgan fingerprint density at radius 2 is 2.14 bits per heavy atom. The Hall–Kier alpha value is -1.55. The van der Waals surface area contributed by atoms with Crippen LogP contribution in [0.25, 0.3) is 0 Å². The molecule has 0 aromatic heterocycles. The highest BCUT2D eigenvalue weighted by molar-refractivity contribution is 5.97. The second-order valence-electron chi connectivity index (χ2n) is 6.04. The van der Waals surface area contributed by atoms with E-state index < -0.39 is 5.60 Å². The molecule has 1 aromatic rings. The van der Waals surface area contributed by atoms with E-state index in [0.29, 0.717) is 5.92 Å². The van der Waals surface area contributed by atoms with Crippen LogP contribution < -0.4 is 10.1 Å². The van der Waals surface area contributed by atoms with Crippen LogP contribution in [0.4, 0.5) is 5.69 Å². The van der Waals surface area contributed by atoms with Crippen molar-refractivity contribution in [2.24, 2.45) is 5.92 Å². The van der Waals surface area contributed by atoms with E-state index >= 15 is 0 Å². The molecule has 2 unspecified atom stereocenters. The van der Waals surface area contributed by atoms with Gasteiger partial charge in [-0.25, -0.2) is 0 Å². The Morgan fingerprint density at radius 1 is 1.38 bits per heavy atom. The van der Waals surface area contributed by atoms with Crippen LogP contribution in [-0.4, -0.2) is 25.7 Å². The van der Waals surface area contributed by atoms with Gasteiger partial charge in [0.1, 0.15) is 11.4 Å². The normalized spacial score (nSPS) is 25.4. The summed E-state index contributed by atoms with van der Waals surface area (Å²) in [5, 5.41) is 3.00. The maximum Gasteiger partial charge on any atom is 0.256 e. The summed E-state index contributed by atoms with van der Waals surface area (Å²) < 4.78 is 10.9. The smallest absolute Gasteiger partial charge is 0.256 e. The molecule has 0 saturated heterocycles. The molecule has 0 aliphatic heterocycles. The number of aryl methyl sites for hydroxylation is 1. The van der Waals surface area contributed by atoms with E-state index in [1.54, 1.807) is 14.2 Å². The predicted octanol–water partition coefficient (Wildman–Crippen LogP) is 3.54. The van der Waals surface area contributed by atoms with Crippen LogP contribution in [0.3, 0.4) is 0 Å². The lowest BCUT2D eigenvalue weighted by Crippen LogP contribution is -2.47. The van der Waals surface area contributed by atoms with E-state index in [0.717, 1.165) is 36.3 Å². The van der Waals surface area contributed by atoms with Crippen LogP contribution in [0, 0.1) is 12.8 Å². The third-order valence-corrected chi connectivity index (χ3v) is 4.41. The summed E-state index contributed by atoms with van der Waals surface area (Å²) in [5.74, 6) is 1.30. The topological polar surface area (TPSA) is 47.6 Å². The van der Waals surface area contributed by atoms with Gasteiger partial charge in [-0.15, -0.1) is 0 Å². The molecule has 1 aliphatic rings. The average Bonchev–Trinajstić information content (AvgIpc) is 2.47. The molecule has 21 heavy (non-hydrogen) atoms. The fraction of sp³-hybridized carbons (Fsp3) is 0.588. The maximum atomic E-state index is 12.7. The van der Waals surface area contributed by atoms with Crippen molar-refractivity contribution in [1.82, 2.24) is 0 Å². The highest BCUT2D eigenvalue weighted by Crippen LogP contribution is 2.36. The van der Waals surface area contributed by atoms with E-state index in [4.69, 9.17) is 9.47 Å². The number of methoxy groups -OCH3 is 2. The van der Waals surface area contributed by atoms with Crippen molar-refractivity contribution in [1.29, 1.82) is 0 Å². The van der Waals surface area contributed by atoms with Crippen LogP contribution in [0.15, 0.2) is 18.2 Å². The summed E-state index contributed by atoms with van der Waals surface area (Å²) in [6.07, 6.45) is 3.77. The molecular weight excluding hydrogens is 266 g/mol. The third-order valence-electron chi connectivity index (χ3n) is 4.41. The molecule has 4 heteroatoms. The number of rotatable bonds is 4. The van der Waals surface area contributed by atoms with Crippen molar-refractivity contribution < 1.29 is 14.3 Å². The minimum atomic E-state index is -0.689. The van der Waals surface area contributed by atoms with Gasteiger partial charge in [0.05, 0.1) is 7.11 Å². The van der Waals surface area contributed by atoms with Crippen molar-refractivity contribution in [3.8, 4) is 5.75 Å². The van der Waals surface area contributed by atoms with Crippen molar-refractivity contribution in [3.05, 3.63) is 23.8 Å². The first-order valence-corrected chi connectivity index (χ1v) is 7.52. The monoisotopic (exact) mass is 291 g/mol. The Bertz CT molecular complexity index is 515. The molecule has 1 fully saturated rings. The molecule has 1 aliphatic carbocycles. The first-order chi connectivity index (χ1) is 10.0. The summed E-state index contributed by atoms with van der Waals surface area (Å²) in [4.78, 5) is 12.7. The Labute approximate surface area is 126 Å². The zero-order chi connectivity index (χ0) is 15.5. The zero-order valence-corrected chi connectivity index (χ0v) is 13.4. The number of carbonyl (C=O) groups excluding carboxylic acids is 1. The van der Waals surface area contributed by atoms with Crippen molar-refractivity contribution in [3.63, 3.8) is 0 Å². The van der Waals surface area contributed by atoms with Gasteiger partial charge >= 0.3 is 0 Å². The Kier molecular flexibility index (Phi) is 4.88. The fourth-order valence-corrected chi connectivity index (χ4v) is 3.19. The molecule has 1 saturated carbocycles. The van der Waals surface area contributed by atoms with Gasteiger partial charge in [0.2, 0.25) is 0 Å². The van der Waals surface area contributed by atoms with Gasteiger partial charge in [-0.05, 0) is 55.9 Å². The highest BCUT2D eigenvalue weighted by atomic mass is 16.5. The minimum absolute atomic E-state index is 0.0406. The molecule has 0 bridgehead atoms. The summed E-state index contributed by atoms with van der Waals surface area (Å²) in [5.41, 5.74) is 1.10. The van der Waals surface area contributed by atoms with Crippen LogP contribution in [0.5, 0.6) is 5.75 Å². The summed E-state index contributed by atoms with van der Waals surface area (Å²) in [6.45, 7) is 4.14. The molecule has 2 atom stereocenters. The lowest BCUT2D eigenvalue weighted by atomic mass is 9.78. The van der Waals surface area contributed by atoms with Crippen LogP contribution in [0.1, 0.15) is 38.2 Å². The molecule has 2 rings (SSSR count). The summed E-state index contributed by atoms with van der Waals surface area (Å²) >= 11 is 0. The highest BCUT2D eigenvalue weighted by Gasteiger charge is 2.41. The molecule has 116 valence electrons. The average molecular weight is 291 g/mol. The van der Waals surface area contributed by atoms with E-state index in [1.807, 2.05) is 25.1 Å². The van der Waals surface area contributed by atoms with Crippen molar-refractivity contribution in [2.75, 3.05) is 19.5 Å². The number of nitrogens with one attached hydrogen (secondary N) is 1. The molecule has 0 heterocycles. The number of anilines is 1. The number of amides is 1. The lowest BCUT2D eigenvalue weighted by Gasteiger charge is -2.37. The van der Waals surface area contributed by atoms with E-state index in [-0.39, 0.29) is 5.91 Å². The van der Waals surface area contributed by atoms with Crippen LogP contribution in [-0.2, 0) is 9.53 Å². The van der Waals surface area contributed by atoms with Gasteiger partial charge in [0.25, 0.3) is 5.91 Å². The predicted molar refractivity (Wildman–Crippen MR) is 83.7 cm³/mol. The van der Waals surface area contributed by atoms with E-state index in [9.17, 15) is 4.79 Å². The standard InChI is InChI=1S/C17H25NO3/c1-12-6-5-9-17(11-12,21-4)16(19)18-14-7-8-15(20-3)13(2)10-14/h7-8,10,12H,5-6,9,11H2,1-4H3,(H,18,19).